The van der Waals surface area contributed by atoms with Gasteiger partial charge >= 0.3 is 6.03 Å². The Balaban J connectivity index is 1.45. The van der Waals surface area contributed by atoms with Crippen LogP contribution in [0.15, 0.2) is 60.9 Å². The molecule has 9 heteroatoms. The highest BCUT2D eigenvalue weighted by Gasteiger charge is 2.09. The number of hydrogen-bond acceptors (Lipinski definition) is 3. The molecular weight excluding hydrogens is 416 g/mol. The second kappa shape index (κ2) is 8.06. The lowest BCUT2D eigenvalue weighted by Crippen LogP contribution is -2.28. The molecule has 4 aromatic rings. The number of halogens is 3. The first-order chi connectivity index (χ1) is 14.0. The summed E-state index contributed by atoms with van der Waals surface area (Å²) in [4.78, 5) is 16.4. The Morgan fingerprint density at radius 1 is 1.03 bits per heavy atom. The molecule has 0 aliphatic carbocycles. The molecule has 0 radical (unpaired) electrons. The van der Waals surface area contributed by atoms with Crippen LogP contribution in [-0.4, -0.2) is 20.8 Å². The van der Waals surface area contributed by atoms with Crippen molar-refractivity contribution in [1.82, 2.24) is 20.1 Å². The zero-order valence-corrected chi connectivity index (χ0v) is 16.4. The van der Waals surface area contributed by atoms with Crippen molar-refractivity contribution in [1.29, 1.82) is 0 Å². The van der Waals surface area contributed by atoms with E-state index in [1.165, 1.54) is 12.1 Å². The average Bonchev–Trinajstić information content (AvgIpc) is 3.13. The van der Waals surface area contributed by atoms with Gasteiger partial charge in [0.2, 0.25) is 0 Å². The zero-order chi connectivity index (χ0) is 20.4. The topological polar surface area (TPSA) is 71.8 Å². The van der Waals surface area contributed by atoms with Gasteiger partial charge in [-0.25, -0.2) is 18.9 Å². The number of carbonyl (C=O) groups excluding carboxylic acids is 1. The van der Waals surface area contributed by atoms with Crippen molar-refractivity contribution >= 4 is 46.0 Å². The van der Waals surface area contributed by atoms with Crippen molar-refractivity contribution in [2.75, 3.05) is 5.32 Å². The number of benzene rings is 2. The van der Waals surface area contributed by atoms with Crippen LogP contribution in [0, 0.1) is 5.82 Å². The Morgan fingerprint density at radius 2 is 1.83 bits per heavy atom. The van der Waals surface area contributed by atoms with Crippen LogP contribution in [0.4, 0.5) is 15.0 Å². The number of nitrogens with one attached hydrogen (secondary N) is 2. The Hall–Kier alpha value is -3.16. The second-order valence-corrected chi connectivity index (χ2v) is 7.03. The van der Waals surface area contributed by atoms with Gasteiger partial charge in [0.25, 0.3) is 0 Å². The molecule has 0 bridgehead atoms. The Labute approximate surface area is 175 Å². The maximum atomic E-state index is 13.1. The number of pyridine rings is 1. The molecule has 2 heterocycles. The molecule has 2 aromatic carbocycles. The van der Waals surface area contributed by atoms with Crippen LogP contribution in [-0.2, 0) is 6.54 Å². The molecule has 2 amide bonds. The molecule has 0 aliphatic heterocycles. The smallest absolute Gasteiger partial charge is 0.320 e. The molecule has 0 atom stereocenters. The summed E-state index contributed by atoms with van der Waals surface area (Å²) in [5.74, 6) is 0.0597. The first kappa shape index (κ1) is 19.2. The van der Waals surface area contributed by atoms with Crippen molar-refractivity contribution in [3.8, 4) is 5.69 Å². The number of carbonyl (C=O) groups is 1. The highest BCUT2D eigenvalue weighted by atomic mass is 35.5. The van der Waals surface area contributed by atoms with Crippen molar-refractivity contribution in [2.24, 2.45) is 0 Å². The molecular formula is C20H14Cl2FN5O. The minimum absolute atomic E-state index is 0.285. The van der Waals surface area contributed by atoms with Gasteiger partial charge in [-0.05, 0) is 48.0 Å². The zero-order valence-electron chi connectivity index (χ0n) is 14.9. The van der Waals surface area contributed by atoms with Crippen LogP contribution in [0.1, 0.15) is 5.56 Å². The van der Waals surface area contributed by atoms with Crippen LogP contribution in [0.3, 0.4) is 0 Å². The number of rotatable bonds is 4. The molecule has 29 heavy (non-hydrogen) atoms. The van der Waals surface area contributed by atoms with Crippen LogP contribution in [0.5, 0.6) is 0 Å². The SMILES string of the molecule is O=C(NCc1ccc(Cl)c(Cl)c1)Nc1cc2cnn(-c3ccc(F)cc3)c2cn1. The lowest BCUT2D eigenvalue weighted by atomic mass is 10.2. The molecule has 0 fully saturated rings. The normalized spacial score (nSPS) is 10.9. The predicted molar refractivity (Wildman–Crippen MR) is 111 cm³/mol. The van der Waals surface area contributed by atoms with Crippen molar-refractivity contribution < 1.29 is 9.18 Å². The maximum Gasteiger partial charge on any atom is 0.320 e. The fourth-order valence-corrected chi connectivity index (χ4v) is 3.10. The number of hydrogen-bond donors (Lipinski definition) is 2. The number of anilines is 1. The molecule has 146 valence electrons. The van der Waals surface area contributed by atoms with Gasteiger partial charge in [-0.15, -0.1) is 0 Å². The molecule has 4 rings (SSSR count). The standard InChI is InChI=1S/C20H14Cl2FN5O/c21-16-6-1-12(7-17(16)22)9-25-20(29)27-19-8-13-10-26-28(18(13)11-24-19)15-4-2-14(23)3-5-15/h1-8,10-11H,9H2,(H2,24,25,27,29). The third-order valence-corrected chi connectivity index (χ3v) is 4.94. The number of aromatic nitrogens is 3. The monoisotopic (exact) mass is 429 g/mol. The van der Waals surface area contributed by atoms with E-state index in [0.717, 1.165) is 16.5 Å². The lowest BCUT2D eigenvalue weighted by molar-refractivity contribution is 0.251. The first-order valence-corrected chi connectivity index (χ1v) is 9.34. The Kier molecular flexibility index (Phi) is 5.33. The summed E-state index contributed by atoms with van der Waals surface area (Å²) in [7, 11) is 0. The summed E-state index contributed by atoms with van der Waals surface area (Å²) in [5, 5.41) is 11.4. The van der Waals surface area contributed by atoms with Crippen LogP contribution >= 0.6 is 23.2 Å². The van der Waals surface area contributed by atoms with Gasteiger partial charge in [-0.3, -0.25) is 5.32 Å². The minimum atomic E-state index is -0.408. The Morgan fingerprint density at radius 3 is 2.59 bits per heavy atom. The van der Waals surface area contributed by atoms with E-state index in [1.807, 2.05) is 0 Å². The number of urea groups is 1. The summed E-state index contributed by atoms with van der Waals surface area (Å²) in [6, 6.07) is 12.4. The molecule has 0 aliphatic rings. The summed E-state index contributed by atoms with van der Waals surface area (Å²) in [6.07, 6.45) is 3.25. The molecule has 0 unspecified atom stereocenters. The van der Waals surface area contributed by atoms with E-state index in [2.05, 4.69) is 20.7 Å². The number of nitrogens with zero attached hydrogens (tertiary/aromatic N) is 3. The first-order valence-electron chi connectivity index (χ1n) is 8.58. The molecule has 0 saturated heterocycles. The van der Waals surface area contributed by atoms with Crippen LogP contribution < -0.4 is 10.6 Å². The highest BCUT2D eigenvalue weighted by Crippen LogP contribution is 2.23. The van der Waals surface area contributed by atoms with Gasteiger partial charge in [-0.2, -0.15) is 5.10 Å². The van der Waals surface area contributed by atoms with Crippen molar-refractivity contribution in [3.05, 3.63) is 82.4 Å². The van der Waals surface area contributed by atoms with Gasteiger partial charge in [0.15, 0.2) is 0 Å². The van der Waals surface area contributed by atoms with Gasteiger partial charge in [-0.1, -0.05) is 29.3 Å². The van der Waals surface area contributed by atoms with E-state index >= 15 is 0 Å². The van der Waals surface area contributed by atoms with Gasteiger partial charge in [0.05, 0.1) is 33.6 Å². The quantitative estimate of drug-likeness (QED) is 0.468. The van der Waals surface area contributed by atoms with Crippen LogP contribution in [0.2, 0.25) is 10.0 Å². The number of fused-ring (bicyclic) bond motifs is 1. The van der Waals surface area contributed by atoms with E-state index in [0.29, 0.717) is 21.6 Å². The van der Waals surface area contributed by atoms with Crippen molar-refractivity contribution in [3.63, 3.8) is 0 Å². The molecule has 0 spiro atoms. The van der Waals surface area contributed by atoms with Gasteiger partial charge in [0, 0.05) is 11.9 Å². The summed E-state index contributed by atoms with van der Waals surface area (Å²) in [5.41, 5.74) is 2.26. The Bertz CT molecular complexity index is 1190. The van der Waals surface area contributed by atoms with Gasteiger partial charge in [0.1, 0.15) is 11.6 Å². The van der Waals surface area contributed by atoms with Crippen molar-refractivity contribution in [2.45, 2.75) is 6.54 Å². The fraction of sp³-hybridized carbons (Fsp3) is 0.0500. The third kappa shape index (κ3) is 4.31. The van der Waals surface area contributed by atoms with E-state index < -0.39 is 6.03 Å². The lowest BCUT2D eigenvalue weighted by Gasteiger charge is -2.08. The summed E-state index contributed by atoms with van der Waals surface area (Å²) < 4.78 is 14.8. The molecule has 6 nitrogen and oxygen atoms in total. The summed E-state index contributed by atoms with van der Waals surface area (Å²) in [6.45, 7) is 0.285. The fourth-order valence-electron chi connectivity index (χ4n) is 2.78. The maximum absolute atomic E-state index is 13.1. The largest absolute Gasteiger partial charge is 0.334 e. The van der Waals surface area contributed by atoms with E-state index in [9.17, 15) is 9.18 Å². The number of amides is 2. The average molecular weight is 430 g/mol. The van der Waals surface area contributed by atoms with Gasteiger partial charge < -0.3 is 5.32 Å². The van der Waals surface area contributed by atoms with E-state index in [4.69, 9.17) is 23.2 Å². The minimum Gasteiger partial charge on any atom is -0.334 e. The molecule has 0 saturated carbocycles. The summed E-state index contributed by atoms with van der Waals surface area (Å²) >= 11 is 11.9. The molecule has 2 aromatic heterocycles. The van der Waals surface area contributed by atoms with E-state index in [1.54, 1.807) is 53.5 Å². The van der Waals surface area contributed by atoms with Crippen LogP contribution in [0.25, 0.3) is 16.6 Å². The predicted octanol–water partition coefficient (Wildman–Crippen LogP) is 5.19. The second-order valence-electron chi connectivity index (χ2n) is 6.22. The highest BCUT2D eigenvalue weighted by molar-refractivity contribution is 6.42. The van der Waals surface area contributed by atoms with E-state index in [-0.39, 0.29) is 12.4 Å². The molecule has 2 N–H and O–H groups in total. The third-order valence-electron chi connectivity index (χ3n) is 4.20.